The number of carbonyl (C=O) groups excluding carboxylic acids is 2. The third-order valence-electron chi connectivity index (χ3n) is 5.45. The second-order valence-electron chi connectivity index (χ2n) is 6.84. The highest BCUT2D eigenvalue weighted by molar-refractivity contribution is 6.21. The molecule has 1 aromatic carbocycles. The Labute approximate surface area is 131 Å². The lowest BCUT2D eigenvalue weighted by Gasteiger charge is -2.33. The third kappa shape index (κ3) is 2.80. The SMILES string of the molecule is C[C@@H]1[C@H](C)CCC[C@H]1[NH2+][C@@H]1CC(=O)N(c2ccccc2)C1=O. The van der Waals surface area contributed by atoms with Crippen LogP contribution in [0.2, 0.25) is 0 Å². The summed E-state index contributed by atoms with van der Waals surface area (Å²) < 4.78 is 0. The number of benzene rings is 1. The van der Waals surface area contributed by atoms with E-state index in [0.717, 1.165) is 6.42 Å². The lowest BCUT2D eigenvalue weighted by atomic mass is 9.78. The summed E-state index contributed by atoms with van der Waals surface area (Å²) in [6.07, 6.45) is 3.98. The average molecular weight is 301 g/mol. The standard InChI is InChI=1S/C18H24N2O2/c1-12-7-6-10-15(13(12)2)19-16-11-17(21)20(18(16)22)14-8-4-3-5-9-14/h3-5,8-9,12-13,15-16,19H,6-7,10-11H2,1-2H3/p+1/t12-,13-,15-,16-/m1/s1. The molecule has 4 heteroatoms. The summed E-state index contributed by atoms with van der Waals surface area (Å²) in [5.41, 5.74) is 0.693. The van der Waals surface area contributed by atoms with Crippen molar-refractivity contribution in [1.29, 1.82) is 0 Å². The number of nitrogens with zero attached hydrogens (tertiary/aromatic N) is 1. The van der Waals surface area contributed by atoms with E-state index in [1.54, 1.807) is 0 Å². The molecule has 22 heavy (non-hydrogen) atoms. The summed E-state index contributed by atoms with van der Waals surface area (Å²) in [4.78, 5) is 26.3. The third-order valence-corrected chi connectivity index (χ3v) is 5.45. The van der Waals surface area contributed by atoms with E-state index in [4.69, 9.17) is 0 Å². The van der Waals surface area contributed by atoms with E-state index in [2.05, 4.69) is 19.2 Å². The molecule has 1 aliphatic heterocycles. The van der Waals surface area contributed by atoms with Crippen LogP contribution in [-0.2, 0) is 9.59 Å². The van der Waals surface area contributed by atoms with Crippen molar-refractivity contribution in [2.45, 2.75) is 51.6 Å². The number of anilines is 1. The molecule has 1 saturated heterocycles. The maximum absolute atomic E-state index is 12.7. The molecule has 0 bridgehead atoms. The minimum absolute atomic E-state index is 0.0540. The Morgan fingerprint density at radius 1 is 1.09 bits per heavy atom. The Kier molecular flexibility index (Phi) is 4.30. The van der Waals surface area contributed by atoms with Crippen molar-refractivity contribution in [2.24, 2.45) is 11.8 Å². The monoisotopic (exact) mass is 301 g/mol. The molecule has 2 amide bonds. The van der Waals surface area contributed by atoms with Crippen LogP contribution >= 0.6 is 0 Å². The zero-order chi connectivity index (χ0) is 15.7. The van der Waals surface area contributed by atoms with Crippen LogP contribution in [0.25, 0.3) is 0 Å². The molecule has 4 atom stereocenters. The molecular formula is C18H25N2O2+. The van der Waals surface area contributed by atoms with Gasteiger partial charge >= 0.3 is 0 Å². The van der Waals surface area contributed by atoms with Crippen molar-refractivity contribution in [3.8, 4) is 0 Å². The van der Waals surface area contributed by atoms with E-state index in [1.165, 1.54) is 17.7 Å². The molecular weight excluding hydrogens is 276 g/mol. The number of hydrogen-bond acceptors (Lipinski definition) is 2. The van der Waals surface area contributed by atoms with Crippen LogP contribution < -0.4 is 10.2 Å². The van der Waals surface area contributed by atoms with E-state index in [1.807, 2.05) is 30.3 Å². The molecule has 0 radical (unpaired) electrons. The Morgan fingerprint density at radius 2 is 1.82 bits per heavy atom. The molecule has 118 valence electrons. The van der Waals surface area contributed by atoms with Crippen molar-refractivity contribution in [3.63, 3.8) is 0 Å². The second-order valence-corrected chi connectivity index (χ2v) is 6.84. The number of para-hydroxylation sites is 1. The number of nitrogens with two attached hydrogens (primary N) is 1. The van der Waals surface area contributed by atoms with Crippen molar-refractivity contribution in [2.75, 3.05) is 4.90 Å². The zero-order valence-electron chi connectivity index (χ0n) is 13.4. The first-order chi connectivity index (χ1) is 10.6. The maximum atomic E-state index is 12.7. The first kappa shape index (κ1) is 15.2. The van der Waals surface area contributed by atoms with Crippen LogP contribution in [0.5, 0.6) is 0 Å². The van der Waals surface area contributed by atoms with Gasteiger partial charge in [-0.25, -0.2) is 4.90 Å². The first-order valence-corrected chi connectivity index (χ1v) is 8.34. The van der Waals surface area contributed by atoms with Gasteiger partial charge in [-0.2, -0.15) is 0 Å². The van der Waals surface area contributed by atoms with Crippen molar-refractivity contribution in [1.82, 2.24) is 0 Å². The normalized spacial score (nSPS) is 32.5. The van der Waals surface area contributed by atoms with Gasteiger partial charge in [0.2, 0.25) is 5.91 Å². The lowest BCUT2D eigenvalue weighted by Crippen LogP contribution is -2.97. The van der Waals surface area contributed by atoms with E-state index in [0.29, 0.717) is 30.0 Å². The first-order valence-electron chi connectivity index (χ1n) is 8.34. The highest BCUT2D eigenvalue weighted by Crippen LogP contribution is 2.28. The topological polar surface area (TPSA) is 54.0 Å². The molecule has 1 heterocycles. The van der Waals surface area contributed by atoms with Gasteiger partial charge in [0.05, 0.1) is 18.2 Å². The van der Waals surface area contributed by atoms with Gasteiger partial charge < -0.3 is 5.32 Å². The molecule has 0 spiro atoms. The Balaban J connectivity index is 1.72. The summed E-state index contributed by atoms with van der Waals surface area (Å²) in [5.74, 6) is 1.17. The van der Waals surface area contributed by atoms with Crippen molar-refractivity contribution < 1.29 is 14.9 Å². The Hall–Kier alpha value is -1.68. The highest BCUT2D eigenvalue weighted by atomic mass is 16.2. The number of imide groups is 1. The minimum Gasteiger partial charge on any atom is -0.333 e. The molecule has 2 N–H and O–H groups in total. The molecule has 0 aromatic heterocycles. The predicted octanol–water partition coefficient (Wildman–Crippen LogP) is 1.71. The second kappa shape index (κ2) is 6.21. The molecule has 4 nitrogen and oxygen atoms in total. The number of quaternary nitrogens is 1. The molecule has 1 aromatic rings. The number of hydrogen-bond donors (Lipinski definition) is 1. The highest BCUT2D eigenvalue weighted by Gasteiger charge is 2.44. The predicted molar refractivity (Wildman–Crippen MR) is 85.2 cm³/mol. The van der Waals surface area contributed by atoms with Crippen LogP contribution in [0.4, 0.5) is 5.69 Å². The average Bonchev–Trinajstić information content (AvgIpc) is 2.79. The Morgan fingerprint density at radius 3 is 2.55 bits per heavy atom. The fourth-order valence-corrected chi connectivity index (χ4v) is 3.85. The molecule has 3 rings (SSSR count). The Bertz CT molecular complexity index is 557. The summed E-state index contributed by atoms with van der Waals surface area (Å²) >= 11 is 0. The summed E-state index contributed by atoms with van der Waals surface area (Å²) in [6.45, 7) is 4.57. The molecule has 2 aliphatic rings. The van der Waals surface area contributed by atoms with Crippen molar-refractivity contribution in [3.05, 3.63) is 30.3 Å². The van der Waals surface area contributed by atoms with E-state index < -0.39 is 0 Å². The maximum Gasteiger partial charge on any atom is 0.292 e. The fourth-order valence-electron chi connectivity index (χ4n) is 3.85. The summed E-state index contributed by atoms with van der Waals surface area (Å²) in [5, 5.41) is 2.17. The minimum atomic E-state index is -0.245. The van der Waals surface area contributed by atoms with Gasteiger partial charge in [-0.05, 0) is 37.3 Å². The number of amides is 2. The van der Waals surface area contributed by atoms with Crippen LogP contribution in [0.15, 0.2) is 30.3 Å². The van der Waals surface area contributed by atoms with Gasteiger partial charge in [-0.3, -0.25) is 9.59 Å². The van der Waals surface area contributed by atoms with E-state index in [9.17, 15) is 9.59 Å². The largest absolute Gasteiger partial charge is 0.333 e. The van der Waals surface area contributed by atoms with Gasteiger partial charge in [-0.1, -0.05) is 32.0 Å². The van der Waals surface area contributed by atoms with Gasteiger partial charge in [0.25, 0.3) is 5.91 Å². The number of carbonyl (C=O) groups is 2. The molecule has 2 fully saturated rings. The van der Waals surface area contributed by atoms with Gasteiger partial charge in [0, 0.05) is 5.92 Å². The van der Waals surface area contributed by atoms with E-state index >= 15 is 0 Å². The summed E-state index contributed by atoms with van der Waals surface area (Å²) in [7, 11) is 0. The smallest absolute Gasteiger partial charge is 0.292 e. The van der Waals surface area contributed by atoms with Gasteiger partial charge in [0.15, 0.2) is 6.04 Å². The molecule has 1 aliphatic carbocycles. The van der Waals surface area contributed by atoms with Crippen molar-refractivity contribution >= 4 is 17.5 Å². The summed E-state index contributed by atoms with van der Waals surface area (Å²) in [6, 6.07) is 9.47. The quantitative estimate of drug-likeness (QED) is 0.864. The fraction of sp³-hybridized carbons (Fsp3) is 0.556. The number of rotatable bonds is 3. The van der Waals surface area contributed by atoms with Crippen LogP contribution in [-0.4, -0.2) is 23.9 Å². The molecule has 0 unspecified atom stereocenters. The van der Waals surface area contributed by atoms with Crippen LogP contribution in [0, 0.1) is 11.8 Å². The van der Waals surface area contributed by atoms with E-state index in [-0.39, 0.29) is 17.9 Å². The molecule has 1 saturated carbocycles. The lowest BCUT2D eigenvalue weighted by molar-refractivity contribution is -0.716. The van der Waals surface area contributed by atoms with Gasteiger partial charge in [0.1, 0.15) is 0 Å². The zero-order valence-corrected chi connectivity index (χ0v) is 13.4. The van der Waals surface area contributed by atoms with Gasteiger partial charge in [-0.15, -0.1) is 0 Å². The van der Waals surface area contributed by atoms with Crippen LogP contribution in [0.1, 0.15) is 39.5 Å². The van der Waals surface area contributed by atoms with Crippen LogP contribution in [0.3, 0.4) is 0 Å².